The Morgan fingerprint density at radius 3 is 2.32 bits per heavy atom. The number of pyridine rings is 1. The van der Waals surface area contributed by atoms with E-state index >= 15 is 0 Å². The van der Waals surface area contributed by atoms with E-state index in [0.717, 1.165) is 5.56 Å². The number of nitrogens with one attached hydrogen (secondary N) is 1. The smallest absolute Gasteiger partial charge is 0.408 e. The van der Waals surface area contributed by atoms with Crippen LogP contribution in [0.15, 0.2) is 42.5 Å². The van der Waals surface area contributed by atoms with E-state index in [1.54, 1.807) is 32.9 Å². The van der Waals surface area contributed by atoms with Crippen molar-refractivity contribution >= 4 is 29.6 Å². The van der Waals surface area contributed by atoms with Gasteiger partial charge in [-0.2, -0.15) is 0 Å². The summed E-state index contributed by atoms with van der Waals surface area (Å²) in [5.74, 6) is -0.527. The molecule has 0 radical (unpaired) electrons. The van der Waals surface area contributed by atoms with Crippen molar-refractivity contribution in [2.75, 3.05) is 13.7 Å². The zero-order valence-electron chi connectivity index (χ0n) is 22.9. The van der Waals surface area contributed by atoms with Crippen LogP contribution in [0.1, 0.15) is 48.0 Å². The number of ether oxygens (including phenoxy) is 3. The number of benzene rings is 1. The number of aromatic nitrogens is 1. The fourth-order valence-corrected chi connectivity index (χ4v) is 4.42. The quantitative estimate of drug-likeness (QED) is 0.408. The van der Waals surface area contributed by atoms with Gasteiger partial charge in [0.15, 0.2) is 0 Å². The highest BCUT2D eigenvalue weighted by Crippen LogP contribution is 2.31. The molecule has 0 aliphatic carbocycles. The molecule has 3 unspecified atom stereocenters. The molecule has 3 rings (SSSR count). The highest BCUT2D eigenvalue weighted by atomic mass is 35.5. The van der Waals surface area contributed by atoms with E-state index in [-0.39, 0.29) is 18.1 Å². The number of hydrogen-bond acceptors (Lipinski definition) is 7. The van der Waals surface area contributed by atoms with Gasteiger partial charge in [0.2, 0.25) is 5.91 Å². The van der Waals surface area contributed by atoms with E-state index in [1.807, 2.05) is 51.1 Å². The molecule has 0 spiro atoms. The standard InChI is InChI=1S/C28H36ClN3O6/c1-27(2,3)23(31-26(35)38-28(4,5)6)24(33)32-16-19(14-21(32)25(34)36-7)37-18-13-20(30-22(29)15-18)17-11-9-8-10-12-17/h8-13,15,19,21,23H,14,16H2,1-7H3,(H,31,35). The first-order valence-electron chi connectivity index (χ1n) is 12.5. The van der Waals surface area contributed by atoms with Gasteiger partial charge in [-0.05, 0) is 26.2 Å². The summed E-state index contributed by atoms with van der Waals surface area (Å²) in [5, 5.41) is 2.95. The van der Waals surface area contributed by atoms with Crippen LogP contribution in [0.3, 0.4) is 0 Å². The lowest BCUT2D eigenvalue weighted by Gasteiger charge is -2.35. The molecule has 10 heteroatoms. The molecule has 9 nitrogen and oxygen atoms in total. The van der Waals surface area contributed by atoms with E-state index in [1.165, 1.54) is 12.0 Å². The van der Waals surface area contributed by atoms with Crippen molar-refractivity contribution < 1.29 is 28.6 Å². The van der Waals surface area contributed by atoms with Crippen LogP contribution in [-0.4, -0.2) is 65.3 Å². The molecule has 2 heterocycles. The summed E-state index contributed by atoms with van der Waals surface area (Å²) in [6, 6.07) is 11.1. The minimum atomic E-state index is -0.955. The molecule has 206 valence electrons. The predicted molar refractivity (Wildman–Crippen MR) is 144 cm³/mol. The zero-order chi connectivity index (χ0) is 28.3. The average Bonchev–Trinajstić information content (AvgIpc) is 3.23. The van der Waals surface area contributed by atoms with Gasteiger partial charge < -0.3 is 24.4 Å². The predicted octanol–water partition coefficient (Wildman–Crippen LogP) is 4.86. The van der Waals surface area contributed by atoms with Crippen molar-refractivity contribution in [3.63, 3.8) is 0 Å². The Bertz CT molecular complexity index is 1160. The number of amides is 2. The van der Waals surface area contributed by atoms with Crippen molar-refractivity contribution in [3.05, 3.63) is 47.6 Å². The number of hydrogen-bond donors (Lipinski definition) is 1. The molecular formula is C28H36ClN3O6. The molecule has 0 bridgehead atoms. The fourth-order valence-electron chi connectivity index (χ4n) is 4.22. The zero-order valence-corrected chi connectivity index (χ0v) is 23.7. The van der Waals surface area contributed by atoms with E-state index < -0.39 is 47.2 Å². The average molecular weight is 546 g/mol. The summed E-state index contributed by atoms with van der Waals surface area (Å²) in [5.41, 5.74) is 0.104. The SMILES string of the molecule is COC(=O)C1CC(Oc2cc(Cl)nc(-c3ccccc3)c2)CN1C(=O)C(NC(=O)OC(C)(C)C)C(C)(C)C. The van der Waals surface area contributed by atoms with Crippen LogP contribution in [0.4, 0.5) is 4.79 Å². The van der Waals surface area contributed by atoms with Gasteiger partial charge in [0.1, 0.15) is 34.7 Å². The molecule has 1 fully saturated rings. The molecule has 0 saturated carbocycles. The van der Waals surface area contributed by atoms with Crippen molar-refractivity contribution in [2.24, 2.45) is 5.41 Å². The van der Waals surface area contributed by atoms with Crippen molar-refractivity contribution in [2.45, 2.75) is 71.8 Å². The number of nitrogens with zero attached hydrogens (tertiary/aromatic N) is 2. The van der Waals surface area contributed by atoms with Crippen molar-refractivity contribution in [1.29, 1.82) is 0 Å². The van der Waals surface area contributed by atoms with Crippen LogP contribution in [0, 0.1) is 5.41 Å². The lowest BCUT2D eigenvalue weighted by atomic mass is 9.85. The summed E-state index contributed by atoms with van der Waals surface area (Å²) in [6.45, 7) is 10.8. The Hall–Kier alpha value is -3.33. The second-order valence-electron chi connectivity index (χ2n) is 11.3. The third kappa shape index (κ3) is 7.60. The lowest BCUT2D eigenvalue weighted by molar-refractivity contribution is -0.152. The topological polar surface area (TPSA) is 107 Å². The first-order chi connectivity index (χ1) is 17.7. The van der Waals surface area contributed by atoms with Crippen LogP contribution in [0.25, 0.3) is 11.3 Å². The Labute approximate surface area is 228 Å². The third-order valence-electron chi connectivity index (χ3n) is 5.93. The Balaban J connectivity index is 1.84. The highest BCUT2D eigenvalue weighted by molar-refractivity contribution is 6.29. The first-order valence-corrected chi connectivity index (χ1v) is 12.8. The number of carbonyl (C=O) groups excluding carboxylic acids is 3. The highest BCUT2D eigenvalue weighted by Gasteiger charge is 2.46. The van der Waals surface area contributed by atoms with Crippen LogP contribution < -0.4 is 10.1 Å². The maximum Gasteiger partial charge on any atom is 0.408 e. The Morgan fingerprint density at radius 1 is 1.08 bits per heavy atom. The molecule has 1 aliphatic heterocycles. The van der Waals surface area contributed by atoms with E-state index in [2.05, 4.69) is 10.3 Å². The van der Waals surface area contributed by atoms with Gasteiger partial charge >= 0.3 is 12.1 Å². The number of likely N-dealkylation sites (tertiary alicyclic amines) is 1. The Morgan fingerprint density at radius 2 is 1.74 bits per heavy atom. The second-order valence-corrected chi connectivity index (χ2v) is 11.7. The number of alkyl carbamates (subject to hydrolysis) is 1. The second kappa shape index (κ2) is 11.6. The normalized spacial score (nSPS) is 18.5. The van der Waals surface area contributed by atoms with Gasteiger partial charge in [0.25, 0.3) is 0 Å². The van der Waals surface area contributed by atoms with Crippen molar-refractivity contribution in [1.82, 2.24) is 15.2 Å². The van der Waals surface area contributed by atoms with Gasteiger partial charge in [-0.15, -0.1) is 0 Å². The molecule has 1 aliphatic rings. The molecular weight excluding hydrogens is 510 g/mol. The van der Waals surface area contributed by atoms with E-state index in [4.69, 9.17) is 25.8 Å². The molecule has 38 heavy (non-hydrogen) atoms. The Kier molecular flexibility index (Phi) is 8.92. The third-order valence-corrected chi connectivity index (χ3v) is 6.13. The van der Waals surface area contributed by atoms with Crippen LogP contribution in [0.2, 0.25) is 5.15 Å². The molecule has 2 aromatic rings. The molecule has 1 saturated heterocycles. The summed E-state index contributed by atoms with van der Waals surface area (Å²) < 4.78 is 16.6. The number of rotatable bonds is 6. The van der Waals surface area contributed by atoms with Crippen LogP contribution >= 0.6 is 11.6 Å². The summed E-state index contributed by atoms with van der Waals surface area (Å²) in [7, 11) is 1.27. The van der Waals surface area contributed by atoms with Crippen LogP contribution in [0.5, 0.6) is 5.75 Å². The number of halogens is 1. The minimum Gasteiger partial charge on any atom is -0.488 e. The largest absolute Gasteiger partial charge is 0.488 e. The molecule has 1 aromatic carbocycles. The summed E-state index contributed by atoms with van der Waals surface area (Å²) in [6.07, 6.45) is -1.03. The number of methoxy groups -OCH3 is 1. The lowest BCUT2D eigenvalue weighted by Crippen LogP contribution is -2.57. The van der Waals surface area contributed by atoms with Gasteiger partial charge in [-0.25, -0.2) is 14.6 Å². The maximum atomic E-state index is 13.8. The summed E-state index contributed by atoms with van der Waals surface area (Å²) >= 11 is 6.27. The van der Waals surface area contributed by atoms with Gasteiger partial charge in [0, 0.05) is 24.1 Å². The fraction of sp³-hybridized carbons (Fsp3) is 0.500. The van der Waals surface area contributed by atoms with Crippen molar-refractivity contribution in [3.8, 4) is 17.0 Å². The molecule has 3 atom stereocenters. The summed E-state index contributed by atoms with van der Waals surface area (Å²) in [4.78, 5) is 44.8. The molecule has 2 amide bonds. The monoisotopic (exact) mass is 545 g/mol. The van der Waals surface area contributed by atoms with Gasteiger partial charge in [-0.1, -0.05) is 62.7 Å². The molecule has 1 aromatic heterocycles. The van der Waals surface area contributed by atoms with E-state index in [9.17, 15) is 14.4 Å². The first kappa shape index (κ1) is 29.2. The number of carbonyl (C=O) groups is 3. The van der Waals surface area contributed by atoms with Gasteiger partial charge in [-0.3, -0.25) is 4.79 Å². The molecule has 1 N–H and O–H groups in total. The minimum absolute atomic E-state index is 0.113. The van der Waals surface area contributed by atoms with Gasteiger partial charge in [0.05, 0.1) is 19.3 Å². The van der Waals surface area contributed by atoms with E-state index in [0.29, 0.717) is 11.4 Å². The van der Waals surface area contributed by atoms with Crippen LogP contribution in [-0.2, 0) is 19.1 Å². The maximum absolute atomic E-state index is 13.8. The number of esters is 1.